The first-order valence-corrected chi connectivity index (χ1v) is 8.11. The van der Waals surface area contributed by atoms with Crippen LogP contribution in [0.15, 0.2) is 18.2 Å². The maximum atomic E-state index is 10.8. The van der Waals surface area contributed by atoms with Gasteiger partial charge in [0.05, 0.1) is 4.92 Å². The van der Waals surface area contributed by atoms with Crippen molar-refractivity contribution in [1.82, 2.24) is 0 Å². The topological polar surface area (TPSA) is 55.2 Å². The molecular weight excluding hydrogens is 264 g/mol. The molecule has 4 heteroatoms. The summed E-state index contributed by atoms with van der Waals surface area (Å²) in [5.74, 6) is 3.58. The highest BCUT2D eigenvalue weighted by Crippen LogP contribution is 2.54. The molecule has 21 heavy (non-hydrogen) atoms. The molecule has 0 atom stereocenters. The molecule has 5 rings (SSSR count). The molecule has 1 N–H and O–H groups in total. The number of nitrogens with zero attached hydrogens (tertiary/aromatic N) is 1. The zero-order valence-electron chi connectivity index (χ0n) is 12.4. The van der Waals surface area contributed by atoms with Crippen LogP contribution in [0.3, 0.4) is 0 Å². The number of nitrogens with one attached hydrogen (secondary N) is 1. The van der Waals surface area contributed by atoms with Gasteiger partial charge in [0.15, 0.2) is 0 Å². The first-order chi connectivity index (χ1) is 10.1. The number of non-ortho nitro benzene ring substituents is 1. The van der Waals surface area contributed by atoms with E-state index in [1.165, 1.54) is 32.1 Å². The first-order valence-electron chi connectivity index (χ1n) is 8.11. The maximum absolute atomic E-state index is 10.8. The van der Waals surface area contributed by atoms with Gasteiger partial charge in [-0.25, -0.2) is 0 Å². The van der Waals surface area contributed by atoms with E-state index in [4.69, 9.17) is 0 Å². The van der Waals surface area contributed by atoms with Gasteiger partial charge in [-0.15, -0.1) is 0 Å². The molecule has 0 heterocycles. The quantitative estimate of drug-likeness (QED) is 0.671. The van der Waals surface area contributed by atoms with Crippen LogP contribution in [0.2, 0.25) is 0 Å². The van der Waals surface area contributed by atoms with Gasteiger partial charge < -0.3 is 5.32 Å². The smallest absolute Gasteiger partial charge is 0.269 e. The molecule has 0 unspecified atom stereocenters. The highest BCUT2D eigenvalue weighted by molar-refractivity contribution is 5.56. The van der Waals surface area contributed by atoms with Gasteiger partial charge in [-0.2, -0.15) is 0 Å². The fourth-order valence-corrected chi connectivity index (χ4v) is 5.26. The van der Waals surface area contributed by atoms with Crippen molar-refractivity contribution >= 4 is 11.4 Å². The zero-order chi connectivity index (χ0) is 14.6. The number of hydrogen-bond donors (Lipinski definition) is 1. The van der Waals surface area contributed by atoms with E-state index in [0.717, 1.165) is 34.9 Å². The monoisotopic (exact) mass is 286 g/mol. The molecule has 4 bridgehead atoms. The summed E-state index contributed by atoms with van der Waals surface area (Å²) in [7, 11) is 0. The molecule has 0 aliphatic heterocycles. The molecule has 0 spiro atoms. The van der Waals surface area contributed by atoms with E-state index in [2.05, 4.69) is 5.32 Å². The van der Waals surface area contributed by atoms with E-state index in [9.17, 15) is 10.1 Å². The lowest BCUT2D eigenvalue weighted by Crippen LogP contribution is -2.51. The predicted molar refractivity (Wildman–Crippen MR) is 82.3 cm³/mol. The van der Waals surface area contributed by atoms with E-state index in [-0.39, 0.29) is 10.6 Å². The summed E-state index contributed by atoms with van der Waals surface area (Å²) in [4.78, 5) is 10.5. The Morgan fingerprint density at radius 2 is 1.71 bits per heavy atom. The van der Waals surface area contributed by atoms with Gasteiger partial charge in [0, 0.05) is 23.9 Å². The van der Waals surface area contributed by atoms with Crippen LogP contribution in [0.5, 0.6) is 0 Å². The lowest BCUT2D eigenvalue weighted by atomic mass is 9.54. The first kappa shape index (κ1) is 13.1. The average Bonchev–Trinajstić information content (AvgIpc) is 2.43. The summed E-state index contributed by atoms with van der Waals surface area (Å²) >= 11 is 0. The van der Waals surface area contributed by atoms with Crippen LogP contribution in [0.25, 0.3) is 0 Å². The Labute approximate surface area is 125 Å². The molecule has 4 nitrogen and oxygen atoms in total. The van der Waals surface area contributed by atoms with Crippen LogP contribution >= 0.6 is 0 Å². The fraction of sp³-hybridized carbons (Fsp3) is 0.647. The number of nitro groups is 1. The Morgan fingerprint density at radius 1 is 1.10 bits per heavy atom. The summed E-state index contributed by atoms with van der Waals surface area (Å²) in [6.07, 6.45) is 7.01. The molecule has 0 amide bonds. The molecule has 4 aliphatic rings. The summed E-state index contributed by atoms with van der Waals surface area (Å²) < 4.78 is 0. The standard InChI is InChI=1S/C17H22N2O2/c1-10-4-15(19(20)21)2-3-16(10)18-17-13-6-11-5-12(8-13)9-14(17)7-11/h2-4,11-14,17-18H,5-9H2,1H3. The second kappa shape index (κ2) is 4.72. The molecule has 1 aromatic rings. The maximum Gasteiger partial charge on any atom is 0.269 e. The third-order valence-corrected chi connectivity index (χ3v) is 5.97. The number of benzene rings is 1. The molecule has 0 saturated heterocycles. The summed E-state index contributed by atoms with van der Waals surface area (Å²) in [6, 6.07) is 5.76. The van der Waals surface area contributed by atoms with Crippen LogP contribution in [0, 0.1) is 40.7 Å². The Hall–Kier alpha value is -1.58. The van der Waals surface area contributed by atoms with Crippen LogP contribution < -0.4 is 5.32 Å². The Bertz CT molecular complexity index is 556. The van der Waals surface area contributed by atoms with Crippen LogP contribution in [-0.4, -0.2) is 11.0 Å². The number of anilines is 1. The third-order valence-electron chi connectivity index (χ3n) is 5.97. The fourth-order valence-electron chi connectivity index (χ4n) is 5.26. The van der Waals surface area contributed by atoms with E-state index in [1.807, 2.05) is 13.0 Å². The second-order valence-electron chi connectivity index (χ2n) is 7.36. The van der Waals surface area contributed by atoms with E-state index >= 15 is 0 Å². The van der Waals surface area contributed by atoms with Crippen molar-refractivity contribution < 1.29 is 4.92 Å². The van der Waals surface area contributed by atoms with Gasteiger partial charge in [-0.1, -0.05) is 0 Å². The summed E-state index contributed by atoms with van der Waals surface area (Å²) in [5.41, 5.74) is 2.25. The van der Waals surface area contributed by atoms with Crippen molar-refractivity contribution in [2.75, 3.05) is 5.32 Å². The van der Waals surface area contributed by atoms with Gasteiger partial charge in [-0.05, 0) is 74.3 Å². The molecule has 0 aromatic heterocycles. The van der Waals surface area contributed by atoms with Gasteiger partial charge >= 0.3 is 0 Å². The van der Waals surface area contributed by atoms with Crippen LogP contribution in [0.4, 0.5) is 11.4 Å². The molecule has 4 aliphatic carbocycles. The van der Waals surface area contributed by atoms with Crippen molar-refractivity contribution in [3.05, 3.63) is 33.9 Å². The minimum absolute atomic E-state index is 0.183. The molecule has 1 aromatic carbocycles. The minimum Gasteiger partial charge on any atom is -0.382 e. The molecule has 0 radical (unpaired) electrons. The van der Waals surface area contributed by atoms with E-state index in [1.54, 1.807) is 12.1 Å². The van der Waals surface area contributed by atoms with Crippen LogP contribution in [-0.2, 0) is 0 Å². The third kappa shape index (κ3) is 2.21. The predicted octanol–water partition coefficient (Wildman–Crippen LogP) is 4.14. The lowest BCUT2D eigenvalue weighted by Gasteiger charge is -2.54. The minimum atomic E-state index is -0.320. The van der Waals surface area contributed by atoms with Crippen molar-refractivity contribution in [3.8, 4) is 0 Å². The Kier molecular flexibility index (Phi) is 2.95. The number of aryl methyl sites for hydroxylation is 1. The van der Waals surface area contributed by atoms with Gasteiger partial charge in [0.2, 0.25) is 0 Å². The molecule has 112 valence electrons. The summed E-state index contributed by atoms with van der Waals surface area (Å²) in [5, 5.41) is 14.6. The van der Waals surface area contributed by atoms with Crippen molar-refractivity contribution in [1.29, 1.82) is 0 Å². The second-order valence-corrected chi connectivity index (χ2v) is 7.36. The number of hydrogen-bond acceptors (Lipinski definition) is 3. The number of rotatable bonds is 3. The van der Waals surface area contributed by atoms with E-state index < -0.39 is 0 Å². The lowest BCUT2D eigenvalue weighted by molar-refractivity contribution is -0.384. The highest BCUT2D eigenvalue weighted by Gasteiger charge is 2.48. The number of nitro benzene ring substituents is 1. The SMILES string of the molecule is Cc1cc([N+](=O)[O-])ccc1NC1C2CC3CC(C2)CC1C3. The molecular formula is C17H22N2O2. The van der Waals surface area contributed by atoms with Gasteiger partial charge in [-0.3, -0.25) is 10.1 Å². The largest absolute Gasteiger partial charge is 0.382 e. The normalized spacial score (nSPS) is 36.7. The Balaban J connectivity index is 1.55. The van der Waals surface area contributed by atoms with Crippen molar-refractivity contribution in [3.63, 3.8) is 0 Å². The summed E-state index contributed by atoms with van der Waals surface area (Å²) in [6.45, 7) is 1.96. The molecule has 4 saturated carbocycles. The zero-order valence-corrected chi connectivity index (χ0v) is 12.4. The van der Waals surface area contributed by atoms with Crippen molar-refractivity contribution in [2.45, 2.75) is 45.1 Å². The Morgan fingerprint density at radius 3 is 2.24 bits per heavy atom. The van der Waals surface area contributed by atoms with Crippen molar-refractivity contribution in [2.24, 2.45) is 23.7 Å². The van der Waals surface area contributed by atoms with E-state index in [0.29, 0.717) is 6.04 Å². The average molecular weight is 286 g/mol. The highest BCUT2D eigenvalue weighted by atomic mass is 16.6. The van der Waals surface area contributed by atoms with Gasteiger partial charge in [0.25, 0.3) is 5.69 Å². The van der Waals surface area contributed by atoms with Gasteiger partial charge in [0.1, 0.15) is 0 Å². The molecule has 4 fully saturated rings. The van der Waals surface area contributed by atoms with Crippen LogP contribution in [0.1, 0.15) is 37.7 Å².